The standard InChI is InChI=1S/C28H31N7O4S/c1-16-5-7-17(8-6-16)21-4-3-13-35(21)27-32-22(25(36)31-19-11-9-18(10-12-19)26(37)38)23(39-2)24(33-27)34-28-30-15-20(14-29)40-28/h5-8,15,18-19,21H,3-4,9-13H2,1-2H3,(H,31,36)(H,37,38)(H,30,32,33,34). The third-order valence-electron chi connectivity index (χ3n) is 7.50. The number of benzene rings is 1. The number of methoxy groups -OCH3 is 1. The topological polar surface area (TPSA) is 153 Å². The molecule has 0 radical (unpaired) electrons. The zero-order chi connectivity index (χ0) is 28.2. The smallest absolute Gasteiger partial charge is 0.306 e. The Balaban J connectivity index is 1.49. The van der Waals surface area contributed by atoms with Crippen LogP contribution in [-0.2, 0) is 4.79 Å². The van der Waals surface area contributed by atoms with E-state index in [-0.39, 0.29) is 35.3 Å². The number of carboxylic acid groups (broad SMARTS) is 1. The molecule has 1 aromatic carbocycles. The molecule has 1 saturated heterocycles. The number of nitriles is 1. The van der Waals surface area contributed by atoms with Crippen LogP contribution in [0.5, 0.6) is 5.75 Å². The van der Waals surface area contributed by atoms with E-state index in [0.29, 0.717) is 41.6 Å². The van der Waals surface area contributed by atoms with Crippen LogP contribution in [0.2, 0.25) is 0 Å². The van der Waals surface area contributed by atoms with Crippen LogP contribution in [0.4, 0.5) is 16.9 Å². The molecule has 12 heteroatoms. The molecule has 1 saturated carbocycles. The van der Waals surface area contributed by atoms with E-state index < -0.39 is 11.9 Å². The second-order valence-corrected chi connectivity index (χ2v) is 11.2. The van der Waals surface area contributed by atoms with Crippen LogP contribution in [0, 0.1) is 24.2 Å². The average Bonchev–Trinajstić information content (AvgIpc) is 3.63. The summed E-state index contributed by atoms with van der Waals surface area (Å²) >= 11 is 1.17. The van der Waals surface area contributed by atoms with Gasteiger partial charge in [0.25, 0.3) is 5.91 Å². The van der Waals surface area contributed by atoms with E-state index in [1.165, 1.54) is 30.2 Å². The third kappa shape index (κ3) is 5.84. The molecule has 1 aliphatic heterocycles. The zero-order valence-electron chi connectivity index (χ0n) is 22.4. The van der Waals surface area contributed by atoms with Crippen molar-refractivity contribution in [3.8, 4) is 11.8 Å². The first-order valence-electron chi connectivity index (χ1n) is 13.3. The molecule has 1 atom stereocenters. The van der Waals surface area contributed by atoms with Gasteiger partial charge in [0, 0.05) is 12.6 Å². The number of rotatable bonds is 8. The van der Waals surface area contributed by atoms with Gasteiger partial charge in [-0.2, -0.15) is 10.2 Å². The van der Waals surface area contributed by atoms with Crippen molar-refractivity contribution in [3.05, 3.63) is 52.2 Å². The van der Waals surface area contributed by atoms with Crippen LogP contribution in [0.1, 0.15) is 71.1 Å². The Kier molecular flexibility index (Phi) is 8.11. The molecular weight excluding hydrogens is 530 g/mol. The largest absolute Gasteiger partial charge is 0.491 e. The molecule has 40 heavy (non-hydrogen) atoms. The van der Waals surface area contributed by atoms with Crippen molar-refractivity contribution in [2.75, 3.05) is 23.9 Å². The molecule has 0 spiro atoms. The van der Waals surface area contributed by atoms with E-state index in [0.717, 1.165) is 24.9 Å². The Hall–Kier alpha value is -4.24. The number of hydrogen-bond acceptors (Lipinski definition) is 10. The van der Waals surface area contributed by atoms with Crippen LogP contribution in [0.15, 0.2) is 30.5 Å². The molecule has 1 aliphatic carbocycles. The average molecular weight is 562 g/mol. The fourth-order valence-corrected chi connectivity index (χ4v) is 5.98. The molecule has 208 valence electrons. The number of thiazole rings is 1. The predicted molar refractivity (Wildman–Crippen MR) is 150 cm³/mol. The van der Waals surface area contributed by atoms with Gasteiger partial charge in [-0.05, 0) is 51.0 Å². The number of nitrogens with one attached hydrogen (secondary N) is 2. The molecule has 2 aliphatic rings. The highest BCUT2D eigenvalue weighted by Crippen LogP contribution is 2.38. The van der Waals surface area contributed by atoms with Gasteiger partial charge in [-0.1, -0.05) is 41.2 Å². The van der Waals surface area contributed by atoms with Crippen molar-refractivity contribution in [1.82, 2.24) is 20.3 Å². The van der Waals surface area contributed by atoms with Gasteiger partial charge in [0.2, 0.25) is 5.95 Å². The Labute approximate surface area is 236 Å². The first-order chi connectivity index (χ1) is 19.4. The number of amides is 1. The summed E-state index contributed by atoms with van der Waals surface area (Å²) < 4.78 is 5.65. The van der Waals surface area contributed by atoms with Gasteiger partial charge in [0.1, 0.15) is 10.9 Å². The van der Waals surface area contributed by atoms with E-state index in [2.05, 4.69) is 57.8 Å². The molecule has 1 amide bonds. The van der Waals surface area contributed by atoms with Crippen molar-refractivity contribution in [1.29, 1.82) is 5.26 Å². The molecule has 3 heterocycles. The SMILES string of the molecule is COc1c(Nc2ncc(C#N)s2)nc(N2CCCC2c2ccc(C)cc2)nc1C(=O)NC1CCC(C(=O)O)CC1. The Morgan fingerprint density at radius 1 is 1.15 bits per heavy atom. The lowest BCUT2D eigenvalue weighted by Gasteiger charge is -2.28. The first-order valence-corrected chi connectivity index (χ1v) is 14.1. The lowest BCUT2D eigenvalue weighted by Crippen LogP contribution is -2.39. The Bertz CT molecular complexity index is 1430. The number of carbonyl (C=O) groups is 2. The highest BCUT2D eigenvalue weighted by Gasteiger charge is 2.33. The number of aliphatic carboxylic acids is 1. The normalized spacial score (nSPS) is 20.5. The molecule has 3 N–H and O–H groups in total. The number of hydrogen-bond donors (Lipinski definition) is 3. The maximum Gasteiger partial charge on any atom is 0.306 e. The number of anilines is 3. The number of nitrogens with zero attached hydrogens (tertiary/aromatic N) is 5. The summed E-state index contributed by atoms with van der Waals surface area (Å²) in [5, 5.41) is 25.2. The summed E-state index contributed by atoms with van der Waals surface area (Å²) in [7, 11) is 1.45. The van der Waals surface area contributed by atoms with Crippen LogP contribution in [0.3, 0.4) is 0 Å². The summed E-state index contributed by atoms with van der Waals surface area (Å²) in [6, 6.07) is 10.4. The van der Waals surface area contributed by atoms with Gasteiger partial charge in [-0.15, -0.1) is 0 Å². The van der Waals surface area contributed by atoms with Gasteiger partial charge >= 0.3 is 5.97 Å². The highest BCUT2D eigenvalue weighted by molar-refractivity contribution is 7.16. The molecule has 3 aromatic rings. The quantitative estimate of drug-likeness (QED) is 0.356. The minimum Gasteiger partial charge on any atom is -0.491 e. The van der Waals surface area contributed by atoms with Crippen molar-refractivity contribution >= 4 is 40.1 Å². The summed E-state index contributed by atoms with van der Waals surface area (Å²) in [6.07, 6.45) is 5.51. The maximum absolute atomic E-state index is 13.6. The van der Waals surface area contributed by atoms with Crippen LogP contribution in [0.25, 0.3) is 0 Å². The lowest BCUT2D eigenvalue weighted by molar-refractivity contribution is -0.142. The second kappa shape index (κ2) is 11.9. The molecule has 0 bridgehead atoms. The lowest BCUT2D eigenvalue weighted by atomic mass is 9.86. The van der Waals surface area contributed by atoms with Gasteiger partial charge in [-0.3, -0.25) is 9.59 Å². The predicted octanol–water partition coefficient (Wildman–Crippen LogP) is 4.58. The summed E-state index contributed by atoms with van der Waals surface area (Å²) in [4.78, 5) is 41.3. The summed E-state index contributed by atoms with van der Waals surface area (Å²) in [6.45, 7) is 2.77. The monoisotopic (exact) mass is 561 g/mol. The van der Waals surface area contributed by atoms with E-state index in [4.69, 9.17) is 14.7 Å². The number of aryl methyl sites for hydroxylation is 1. The molecule has 2 aromatic heterocycles. The third-order valence-corrected chi connectivity index (χ3v) is 8.32. The fourth-order valence-electron chi connectivity index (χ4n) is 5.36. The van der Waals surface area contributed by atoms with Crippen molar-refractivity contribution in [2.24, 2.45) is 5.92 Å². The number of carbonyl (C=O) groups excluding carboxylic acids is 1. The van der Waals surface area contributed by atoms with E-state index in [1.54, 1.807) is 0 Å². The molecule has 1 unspecified atom stereocenters. The summed E-state index contributed by atoms with van der Waals surface area (Å²) in [5.41, 5.74) is 2.41. The number of carboxylic acids is 1. The molecular formula is C28H31N7O4S. The van der Waals surface area contributed by atoms with Crippen LogP contribution < -0.4 is 20.3 Å². The Morgan fingerprint density at radius 2 is 1.90 bits per heavy atom. The van der Waals surface area contributed by atoms with Gasteiger partial charge in [0.15, 0.2) is 22.4 Å². The van der Waals surface area contributed by atoms with Gasteiger partial charge in [0.05, 0.1) is 25.3 Å². The van der Waals surface area contributed by atoms with Crippen molar-refractivity contribution in [3.63, 3.8) is 0 Å². The minimum absolute atomic E-state index is 0.0501. The van der Waals surface area contributed by atoms with E-state index in [9.17, 15) is 20.0 Å². The molecule has 2 fully saturated rings. The van der Waals surface area contributed by atoms with E-state index >= 15 is 0 Å². The molecule has 5 rings (SSSR count). The highest BCUT2D eigenvalue weighted by atomic mass is 32.1. The minimum atomic E-state index is -0.793. The Morgan fingerprint density at radius 3 is 2.55 bits per heavy atom. The molecule has 11 nitrogen and oxygen atoms in total. The zero-order valence-corrected chi connectivity index (χ0v) is 23.2. The maximum atomic E-state index is 13.6. The first kappa shape index (κ1) is 27.3. The fraction of sp³-hybridized carbons (Fsp3) is 0.429. The van der Waals surface area contributed by atoms with Crippen molar-refractivity contribution < 1.29 is 19.4 Å². The van der Waals surface area contributed by atoms with E-state index in [1.807, 2.05) is 0 Å². The summed E-state index contributed by atoms with van der Waals surface area (Å²) in [5.74, 6) is -0.748. The second-order valence-electron chi connectivity index (χ2n) is 10.1. The van der Waals surface area contributed by atoms with Crippen LogP contribution in [-0.4, -0.2) is 51.6 Å². The number of aromatic nitrogens is 3. The van der Waals surface area contributed by atoms with Crippen LogP contribution >= 0.6 is 11.3 Å². The number of ether oxygens (including phenoxy) is 1. The van der Waals surface area contributed by atoms with Gasteiger partial charge in [-0.25, -0.2) is 9.97 Å². The van der Waals surface area contributed by atoms with Crippen molar-refractivity contribution in [2.45, 2.75) is 57.5 Å². The van der Waals surface area contributed by atoms with Gasteiger partial charge < -0.3 is 25.4 Å².